The molecule has 1 aromatic rings. The molecule has 0 unspecified atom stereocenters. The van der Waals surface area contributed by atoms with Gasteiger partial charge in [-0.25, -0.2) is 0 Å². The SMILES string of the molecule is CC(=O)Oc1ccc(N)cc1.[H-].[Na+]. The molecule has 3 nitrogen and oxygen atoms in total. The summed E-state index contributed by atoms with van der Waals surface area (Å²) in [6, 6.07) is 6.66. The number of carbonyl (C=O) groups excluding carboxylic acids is 1. The van der Waals surface area contributed by atoms with Crippen LogP contribution in [0.1, 0.15) is 8.35 Å². The third kappa shape index (κ3) is 3.76. The van der Waals surface area contributed by atoms with Gasteiger partial charge in [0.15, 0.2) is 0 Å². The van der Waals surface area contributed by atoms with Crippen LogP contribution in [0, 0.1) is 0 Å². The fraction of sp³-hybridized carbons (Fsp3) is 0.125. The number of rotatable bonds is 1. The average Bonchev–Trinajstić information content (AvgIpc) is 1.93. The quantitative estimate of drug-likeness (QED) is 0.240. The second kappa shape index (κ2) is 5.19. The number of nitrogens with two attached hydrogens (primary N) is 1. The topological polar surface area (TPSA) is 52.3 Å². The first-order valence-corrected chi connectivity index (χ1v) is 3.22. The Balaban J connectivity index is 0. The Bertz CT molecular complexity index is 263. The molecule has 0 spiro atoms. The molecule has 0 bridgehead atoms. The van der Waals surface area contributed by atoms with E-state index in [-0.39, 0.29) is 37.0 Å². The zero-order valence-corrected chi connectivity index (χ0v) is 9.20. The molecule has 0 saturated carbocycles. The van der Waals surface area contributed by atoms with Gasteiger partial charge in [0, 0.05) is 12.6 Å². The summed E-state index contributed by atoms with van der Waals surface area (Å²) >= 11 is 0. The van der Waals surface area contributed by atoms with Crippen LogP contribution in [-0.2, 0) is 4.79 Å². The van der Waals surface area contributed by atoms with Crippen LogP contribution < -0.4 is 40.0 Å². The van der Waals surface area contributed by atoms with Crippen molar-refractivity contribution in [3.63, 3.8) is 0 Å². The second-order valence-corrected chi connectivity index (χ2v) is 2.16. The molecule has 1 rings (SSSR count). The summed E-state index contributed by atoms with van der Waals surface area (Å²) in [6.07, 6.45) is 0. The molecule has 0 fully saturated rings. The fourth-order valence-corrected chi connectivity index (χ4v) is 0.702. The number of nitrogen functional groups attached to an aromatic ring is 1. The van der Waals surface area contributed by atoms with Crippen molar-refractivity contribution < 1.29 is 40.5 Å². The molecule has 0 amide bonds. The summed E-state index contributed by atoms with van der Waals surface area (Å²) in [5.41, 5.74) is 6.07. The van der Waals surface area contributed by atoms with Gasteiger partial charge in [-0.05, 0) is 24.3 Å². The Morgan fingerprint density at radius 3 is 2.33 bits per heavy atom. The van der Waals surface area contributed by atoms with Crippen LogP contribution in [0.4, 0.5) is 5.69 Å². The number of anilines is 1. The summed E-state index contributed by atoms with van der Waals surface area (Å²) in [7, 11) is 0. The molecule has 0 aliphatic carbocycles. The summed E-state index contributed by atoms with van der Waals surface area (Å²) in [5, 5.41) is 0. The van der Waals surface area contributed by atoms with E-state index in [4.69, 9.17) is 10.5 Å². The zero-order chi connectivity index (χ0) is 8.27. The number of ether oxygens (including phenoxy) is 1. The first-order valence-electron chi connectivity index (χ1n) is 3.22. The van der Waals surface area contributed by atoms with Crippen molar-refractivity contribution in [2.24, 2.45) is 0 Å². The van der Waals surface area contributed by atoms with Gasteiger partial charge < -0.3 is 11.9 Å². The van der Waals surface area contributed by atoms with Gasteiger partial charge in [0.05, 0.1) is 0 Å². The van der Waals surface area contributed by atoms with Gasteiger partial charge in [-0.2, -0.15) is 0 Å². The molecule has 0 aliphatic heterocycles. The van der Waals surface area contributed by atoms with Gasteiger partial charge in [0.1, 0.15) is 5.75 Å². The van der Waals surface area contributed by atoms with Gasteiger partial charge in [-0.15, -0.1) is 0 Å². The van der Waals surface area contributed by atoms with Gasteiger partial charge >= 0.3 is 35.5 Å². The first kappa shape index (κ1) is 11.5. The zero-order valence-electron chi connectivity index (χ0n) is 8.20. The Morgan fingerprint density at radius 1 is 1.42 bits per heavy atom. The maximum absolute atomic E-state index is 10.4. The minimum atomic E-state index is -0.324. The fourth-order valence-electron chi connectivity index (χ4n) is 0.702. The van der Waals surface area contributed by atoms with Crippen LogP contribution in [0.2, 0.25) is 0 Å². The number of hydrogen-bond acceptors (Lipinski definition) is 3. The minimum absolute atomic E-state index is 0. The van der Waals surface area contributed by atoms with Crippen LogP contribution in [0.3, 0.4) is 0 Å². The molecule has 0 aromatic heterocycles. The Morgan fingerprint density at radius 2 is 1.92 bits per heavy atom. The third-order valence-electron chi connectivity index (χ3n) is 1.14. The summed E-state index contributed by atoms with van der Waals surface area (Å²) < 4.78 is 4.77. The Labute approximate surface area is 94.7 Å². The molecular formula is C8H10NNaO2. The van der Waals surface area contributed by atoms with Crippen LogP contribution in [0.25, 0.3) is 0 Å². The maximum Gasteiger partial charge on any atom is 1.00 e. The number of hydrogen-bond donors (Lipinski definition) is 1. The van der Waals surface area contributed by atoms with E-state index in [1.807, 2.05) is 0 Å². The normalized spacial score (nSPS) is 8.42. The smallest absolute Gasteiger partial charge is 1.00 e. The predicted molar refractivity (Wildman–Crippen MR) is 43.3 cm³/mol. The van der Waals surface area contributed by atoms with Gasteiger partial charge in [-0.3, -0.25) is 4.79 Å². The molecular weight excluding hydrogens is 165 g/mol. The van der Waals surface area contributed by atoms with Gasteiger partial charge in [-0.1, -0.05) is 0 Å². The van der Waals surface area contributed by atoms with E-state index in [2.05, 4.69) is 0 Å². The first-order chi connectivity index (χ1) is 5.18. The monoisotopic (exact) mass is 175 g/mol. The number of carbonyl (C=O) groups is 1. The molecule has 4 heteroatoms. The van der Waals surface area contributed by atoms with Crippen molar-refractivity contribution in [3.8, 4) is 5.75 Å². The standard InChI is InChI=1S/C8H9NO2.Na.H/c1-6(10)11-8-4-2-7(9)3-5-8;;/h2-5H,9H2,1H3;;/q;+1;-1. The molecule has 0 saturated heterocycles. The summed E-state index contributed by atoms with van der Waals surface area (Å²) in [5.74, 6) is 0.196. The van der Waals surface area contributed by atoms with Crippen molar-refractivity contribution >= 4 is 11.7 Å². The number of esters is 1. The molecule has 0 radical (unpaired) electrons. The van der Waals surface area contributed by atoms with E-state index >= 15 is 0 Å². The average molecular weight is 175 g/mol. The summed E-state index contributed by atoms with van der Waals surface area (Å²) in [6.45, 7) is 1.36. The van der Waals surface area contributed by atoms with Crippen molar-refractivity contribution in [3.05, 3.63) is 24.3 Å². The Hall–Kier alpha value is -0.510. The van der Waals surface area contributed by atoms with Crippen LogP contribution in [-0.4, -0.2) is 5.97 Å². The molecule has 0 atom stereocenters. The van der Waals surface area contributed by atoms with E-state index < -0.39 is 0 Å². The maximum atomic E-state index is 10.4. The molecule has 0 aliphatic rings. The molecule has 0 heterocycles. The molecule has 2 N–H and O–H groups in total. The van der Waals surface area contributed by atoms with Crippen molar-refractivity contribution in [1.29, 1.82) is 0 Å². The van der Waals surface area contributed by atoms with Crippen LogP contribution >= 0.6 is 0 Å². The largest absolute Gasteiger partial charge is 1.00 e. The van der Waals surface area contributed by atoms with E-state index in [1.54, 1.807) is 24.3 Å². The number of benzene rings is 1. The molecule has 1 aromatic carbocycles. The molecule has 60 valence electrons. The van der Waals surface area contributed by atoms with E-state index in [0.717, 1.165) is 0 Å². The van der Waals surface area contributed by atoms with Crippen molar-refractivity contribution in [1.82, 2.24) is 0 Å². The third-order valence-corrected chi connectivity index (χ3v) is 1.14. The van der Waals surface area contributed by atoms with E-state index in [1.165, 1.54) is 6.92 Å². The summed E-state index contributed by atoms with van der Waals surface area (Å²) in [4.78, 5) is 10.4. The predicted octanol–water partition coefficient (Wildman–Crippen LogP) is -1.69. The van der Waals surface area contributed by atoms with Crippen molar-refractivity contribution in [2.45, 2.75) is 6.92 Å². The van der Waals surface area contributed by atoms with Crippen molar-refractivity contribution in [2.75, 3.05) is 5.73 Å². The minimum Gasteiger partial charge on any atom is -1.00 e. The Kier molecular flexibility index (Phi) is 4.97. The van der Waals surface area contributed by atoms with E-state index in [9.17, 15) is 4.79 Å². The molecule has 12 heavy (non-hydrogen) atoms. The van der Waals surface area contributed by atoms with E-state index in [0.29, 0.717) is 11.4 Å². The van der Waals surface area contributed by atoms with Gasteiger partial charge in [0.2, 0.25) is 0 Å². The van der Waals surface area contributed by atoms with Gasteiger partial charge in [0.25, 0.3) is 0 Å². The van der Waals surface area contributed by atoms with Crippen LogP contribution in [0.5, 0.6) is 5.75 Å². The van der Waals surface area contributed by atoms with Crippen LogP contribution in [0.15, 0.2) is 24.3 Å². The second-order valence-electron chi connectivity index (χ2n) is 2.16.